The molecule has 0 atom stereocenters. The second-order valence-corrected chi connectivity index (χ2v) is 6.62. The Bertz CT molecular complexity index is 508. The van der Waals surface area contributed by atoms with E-state index in [9.17, 15) is 4.39 Å². The van der Waals surface area contributed by atoms with Gasteiger partial charge in [-0.25, -0.2) is 9.38 Å². The highest BCUT2D eigenvalue weighted by Crippen LogP contribution is 2.40. The van der Waals surface area contributed by atoms with Gasteiger partial charge in [-0.05, 0) is 30.4 Å². The van der Waals surface area contributed by atoms with Crippen molar-refractivity contribution in [2.45, 2.75) is 25.3 Å². The van der Waals surface area contributed by atoms with Crippen LogP contribution in [0.4, 0.5) is 4.39 Å². The van der Waals surface area contributed by atoms with Gasteiger partial charge in [0.15, 0.2) is 5.96 Å². The molecule has 1 aliphatic carbocycles. The number of hydrogen-bond donors (Lipinski definition) is 1. The van der Waals surface area contributed by atoms with Crippen molar-refractivity contribution in [1.82, 2.24) is 4.90 Å². The number of thioether (sulfide) groups is 1. The van der Waals surface area contributed by atoms with Gasteiger partial charge in [-0.15, -0.1) is 0 Å². The van der Waals surface area contributed by atoms with Crippen LogP contribution in [0.25, 0.3) is 0 Å². The predicted molar refractivity (Wildman–Crippen MR) is 82.6 cm³/mol. The molecule has 0 unspecified atom stereocenters. The summed E-state index contributed by atoms with van der Waals surface area (Å²) in [6.07, 6.45) is 2.38. The maximum absolute atomic E-state index is 14.0. The smallest absolute Gasteiger partial charge is 0.191 e. The molecule has 1 aromatic rings. The van der Waals surface area contributed by atoms with Crippen LogP contribution < -0.4 is 5.73 Å². The molecule has 0 radical (unpaired) electrons. The van der Waals surface area contributed by atoms with Gasteiger partial charge in [-0.1, -0.05) is 12.1 Å². The zero-order chi connectivity index (χ0) is 13.9. The minimum Gasteiger partial charge on any atom is -0.370 e. The molecule has 2 fully saturated rings. The predicted octanol–water partition coefficient (Wildman–Crippen LogP) is 2.57. The molecule has 0 aromatic heterocycles. The lowest BCUT2D eigenvalue weighted by Crippen LogP contribution is -2.42. The van der Waals surface area contributed by atoms with E-state index in [1.807, 2.05) is 23.9 Å². The van der Waals surface area contributed by atoms with E-state index in [0.29, 0.717) is 24.0 Å². The third-order valence-corrected chi connectivity index (χ3v) is 4.81. The highest BCUT2D eigenvalue weighted by molar-refractivity contribution is 7.99. The Kier molecular flexibility index (Phi) is 4.15. The number of nitrogens with two attached hydrogens (primary N) is 1. The summed E-state index contributed by atoms with van der Waals surface area (Å²) in [6, 6.07) is 5.54. The average molecular weight is 293 g/mol. The van der Waals surface area contributed by atoms with Gasteiger partial charge in [0.2, 0.25) is 0 Å². The second kappa shape index (κ2) is 6.04. The van der Waals surface area contributed by atoms with Gasteiger partial charge in [-0.2, -0.15) is 11.8 Å². The summed E-state index contributed by atoms with van der Waals surface area (Å²) < 4.78 is 14.0. The Morgan fingerprint density at radius 1 is 1.35 bits per heavy atom. The lowest BCUT2D eigenvalue weighted by atomic mass is 10.1. The highest BCUT2D eigenvalue weighted by Gasteiger charge is 2.24. The maximum Gasteiger partial charge on any atom is 0.191 e. The molecule has 1 saturated carbocycles. The Balaban J connectivity index is 1.64. The number of halogens is 1. The van der Waals surface area contributed by atoms with Crippen molar-refractivity contribution in [1.29, 1.82) is 0 Å². The Hall–Kier alpha value is -1.23. The zero-order valence-corrected chi connectivity index (χ0v) is 12.3. The van der Waals surface area contributed by atoms with E-state index in [1.54, 1.807) is 6.07 Å². The monoisotopic (exact) mass is 293 g/mol. The molecule has 1 aliphatic heterocycles. The summed E-state index contributed by atoms with van der Waals surface area (Å²) in [5.74, 6) is 3.13. The molecule has 20 heavy (non-hydrogen) atoms. The van der Waals surface area contributed by atoms with Gasteiger partial charge in [-0.3, -0.25) is 0 Å². The van der Waals surface area contributed by atoms with Crippen LogP contribution in [0.5, 0.6) is 0 Å². The first kappa shape index (κ1) is 13.7. The fraction of sp³-hybridized carbons (Fsp3) is 0.533. The quantitative estimate of drug-likeness (QED) is 0.688. The molecule has 0 amide bonds. The molecule has 5 heteroatoms. The van der Waals surface area contributed by atoms with Crippen LogP contribution in [-0.2, 0) is 6.54 Å². The summed E-state index contributed by atoms with van der Waals surface area (Å²) in [5.41, 5.74) is 7.73. The van der Waals surface area contributed by atoms with Crippen LogP contribution in [0.15, 0.2) is 23.2 Å². The van der Waals surface area contributed by atoms with Crippen LogP contribution in [0.1, 0.15) is 29.9 Å². The maximum atomic E-state index is 14.0. The SMILES string of the molecule is NC(=NCc1ccc(C2CC2)cc1F)N1CCSCC1. The molecular weight excluding hydrogens is 273 g/mol. The summed E-state index contributed by atoms with van der Waals surface area (Å²) in [7, 11) is 0. The van der Waals surface area contributed by atoms with E-state index < -0.39 is 0 Å². The molecule has 2 N–H and O–H groups in total. The van der Waals surface area contributed by atoms with Crippen LogP contribution in [0.2, 0.25) is 0 Å². The van der Waals surface area contributed by atoms with Gasteiger partial charge in [0.1, 0.15) is 5.82 Å². The van der Waals surface area contributed by atoms with Crippen molar-refractivity contribution in [2.24, 2.45) is 10.7 Å². The summed E-state index contributed by atoms with van der Waals surface area (Å²) in [6.45, 7) is 2.19. The number of aliphatic imine (C=N–C) groups is 1. The number of hydrogen-bond acceptors (Lipinski definition) is 2. The van der Waals surface area contributed by atoms with E-state index in [2.05, 4.69) is 9.89 Å². The molecule has 3 nitrogen and oxygen atoms in total. The van der Waals surface area contributed by atoms with Crippen molar-refractivity contribution in [3.05, 3.63) is 35.1 Å². The van der Waals surface area contributed by atoms with Gasteiger partial charge in [0, 0.05) is 30.2 Å². The fourth-order valence-electron chi connectivity index (χ4n) is 2.42. The van der Waals surface area contributed by atoms with Gasteiger partial charge < -0.3 is 10.6 Å². The molecule has 3 rings (SSSR count). The normalized spacial score (nSPS) is 20.2. The van der Waals surface area contributed by atoms with Gasteiger partial charge in [0.25, 0.3) is 0 Å². The van der Waals surface area contributed by atoms with Crippen molar-refractivity contribution in [3.8, 4) is 0 Å². The van der Waals surface area contributed by atoms with E-state index in [1.165, 1.54) is 12.8 Å². The third-order valence-electron chi connectivity index (χ3n) is 3.87. The molecule has 2 aliphatic rings. The first-order valence-corrected chi connectivity index (χ1v) is 8.30. The highest BCUT2D eigenvalue weighted by atomic mass is 32.2. The van der Waals surface area contributed by atoms with E-state index >= 15 is 0 Å². The molecule has 1 saturated heterocycles. The van der Waals surface area contributed by atoms with E-state index in [-0.39, 0.29) is 5.82 Å². The minimum atomic E-state index is -0.153. The van der Waals surface area contributed by atoms with Gasteiger partial charge in [0.05, 0.1) is 6.54 Å². The molecular formula is C15H20FN3S. The lowest BCUT2D eigenvalue weighted by Gasteiger charge is -2.27. The Morgan fingerprint density at radius 3 is 2.75 bits per heavy atom. The lowest BCUT2D eigenvalue weighted by molar-refractivity contribution is 0.455. The van der Waals surface area contributed by atoms with Crippen molar-refractivity contribution < 1.29 is 4.39 Å². The number of rotatable bonds is 3. The topological polar surface area (TPSA) is 41.6 Å². The largest absolute Gasteiger partial charge is 0.370 e. The number of guanidine groups is 1. The van der Waals surface area contributed by atoms with Crippen LogP contribution in [0, 0.1) is 5.82 Å². The Labute approximate surface area is 123 Å². The minimum absolute atomic E-state index is 0.153. The molecule has 0 spiro atoms. The van der Waals surface area contributed by atoms with Gasteiger partial charge >= 0.3 is 0 Å². The summed E-state index contributed by atoms with van der Waals surface area (Å²) in [4.78, 5) is 6.42. The third kappa shape index (κ3) is 3.26. The first-order valence-electron chi connectivity index (χ1n) is 7.15. The van der Waals surface area contributed by atoms with E-state index in [0.717, 1.165) is 30.2 Å². The molecule has 0 bridgehead atoms. The number of nitrogens with zero attached hydrogens (tertiary/aromatic N) is 2. The van der Waals surface area contributed by atoms with Crippen molar-refractivity contribution >= 4 is 17.7 Å². The van der Waals surface area contributed by atoms with Crippen LogP contribution in [0.3, 0.4) is 0 Å². The van der Waals surface area contributed by atoms with E-state index in [4.69, 9.17) is 5.73 Å². The molecule has 1 aromatic carbocycles. The summed E-state index contributed by atoms with van der Waals surface area (Å²) >= 11 is 1.93. The summed E-state index contributed by atoms with van der Waals surface area (Å²) in [5, 5.41) is 0. The average Bonchev–Trinajstić information content (AvgIpc) is 3.31. The van der Waals surface area contributed by atoms with Crippen LogP contribution in [-0.4, -0.2) is 35.5 Å². The van der Waals surface area contributed by atoms with Crippen LogP contribution >= 0.6 is 11.8 Å². The zero-order valence-electron chi connectivity index (χ0n) is 11.5. The van der Waals surface area contributed by atoms with Crippen molar-refractivity contribution in [3.63, 3.8) is 0 Å². The molecule has 108 valence electrons. The number of benzene rings is 1. The fourth-order valence-corrected chi connectivity index (χ4v) is 3.32. The Morgan fingerprint density at radius 2 is 2.10 bits per heavy atom. The first-order chi connectivity index (χ1) is 9.74. The second-order valence-electron chi connectivity index (χ2n) is 5.40. The standard InChI is InChI=1S/C15H20FN3S/c16-14-9-12(11-1-2-11)3-4-13(14)10-18-15(17)19-5-7-20-8-6-19/h3-4,9,11H,1-2,5-8,10H2,(H2,17,18). The molecule has 1 heterocycles. The van der Waals surface area contributed by atoms with Crippen molar-refractivity contribution in [2.75, 3.05) is 24.6 Å².